The van der Waals surface area contributed by atoms with Crippen molar-refractivity contribution >= 4 is 55.1 Å². The number of aliphatic carboxylic acids is 1. The first-order valence-electron chi connectivity index (χ1n) is 7.75. The maximum Gasteiger partial charge on any atom is 0.329 e. The van der Waals surface area contributed by atoms with Crippen LogP contribution < -0.4 is 0 Å². The molecule has 0 amide bonds. The molecule has 0 spiro atoms. The number of carboxylic acids is 1. The third kappa shape index (κ3) is 4.04. The molecule has 1 unspecified atom stereocenters. The van der Waals surface area contributed by atoms with Gasteiger partial charge in [-0.2, -0.15) is 0 Å². The number of hydrogen-bond donors (Lipinski definition) is 1. The zero-order chi connectivity index (χ0) is 17.1. The molecular weight excluding hydrogens is 364 g/mol. The molecule has 0 aliphatic carbocycles. The van der Waals surface area contributed by atoms with Gasteiger partial charge in [0.2, 0.25) is 0 Å². The predicted molar refractivity (Wildman–Crippen MR) is 102 cm³/mol. The van der Waals surface area contributed by atoms with E-state index in [2.05, 4.69) is 22.1 Å². The van der Waals surface area contributed by atoms with Crippen LogP contribution in [0.1, 0.15) is 23.9 Å². The molecule has 0 saturated heterocycles. The molecular formula is C16H18N2O3S3. The van der Waals surface area contributed by atoms with Crippen molar-refractivity contribution in [2.24, 2.45) is 4.99 Å². The van der Waals surface area contributed by atoms with Crippen molar-refractivity contribution in [1.82, 2.24) is 4.98 Å². The van der Waals surface area contributed by atoms with E-state index in [4.69, 9.17) is 5.11 Å². The smallest absolute Gasteiger partial charge is 0.329 e. The van der Waals surface area contributed by atoms with Gasteiger partial charge >= 0.3 is 5.97 Å². The van der Waals surface area contributed by atoms with Gasteiger partial charge in [-0.1, -0.05) is 13.0 Å². The molecule has 2 aromatic rings. The average Bonchev–Trinajstić information content (AvgIpc) is 3.20. The average molecular weight is 383 g/mol. The number of aliphatic imine (C=N–C) groups is 1. The number of aryl methyl sites for hydroxylation is 1. The van der Waals surface area contributed by atoms with E-state index in [0.717, 1.165) is 38.9 Å². The summed E-state index contributed by atoms with van der Waals surface area (Å²) in [7, 11) is -0.709. The minimum atomic E-state index is -0.884. The van der Waals surface area contributed by atoms with E-state index in [-0.39, 0.29) is 0 Å². The number of carboxylic acid groups (broad SMARTS) is 1. The lowest BCUT2D eigenvalue weighted by molar-refractivity contribution is -0.137. The summed E-state index contributed by atoms with van der Waals surface area (Å²) in [5, 5.41) is 10.6. The summed E-state index contributed by atoms with van der Waals surface area (Å²) in [5.41, 5.74) is 2.13. The molecule has 1 aliphatic rings. The summed E-state index contributed by atoms with van der Waals surface area (Å²) in [6, 6.07) is 5.52. The first-order valence-corrected chi connectivity index (χ1v) is 11.0. The molecule has 0 saturated carbocycles. The molecule has 5 nitrogen and oxygen atoms in total. The Kier molecular flexibility index (Phi) is 5.68. The number of nitrogens with zero attached hydrogens (tertiary/aromatic N) is 2. The molecule has 0 fully saturated rings. The topological polar surface area (TPSA) is 79.6 Å². The first kappa shape index (κ1) is 17.6. The predicted octanol–water partition coefficient (Wildman–Crippen LogP) is 2.94. The number of thioether (sulfide) groups is 1. The Labute approximate surface area is 151 Å². The van der Waals surface area contributed by atoms with Crippen LogP contribution in [0.4, 0.5) is 0 Å². The van der Waals surface area contributed by atoms with E-state index in [0.29, 0.717) is 11.5 Å². The van der Waals surface area contributed by atoms with E-state index < -0.39 is 22.8 Å². The molecule has 8 heteroatoms. The molecule has 0 radical (unpaired) electrons. The van der Waals surface area contributed by atoms with Crippen LogP contribution in [0.3, 0.4) is 0 Å². The highest BCUT2D eigenvalue weighted by Crippen LogP contribution is 2.30. The van der Waals surface area contributed by atoms with Crippen LogP contribution in [0.5, 0.6) is 0 Å². The van der Waals surface area contributed by atoms with Gasteiger partial charge in [-0.05, 0) is 30.5 Å². The van der Waals surface area contributed by atoms with E-state index in [1.807, 2.05) is 13.0 Å². The Morgan fingerprint density at radius 3 is 3.00 bits per heavy atom. The Bertz CT molecular complexity index is 816. The fourth-order valence-corrected chi connectivity index (χ4v) is 5.30. The SMILES string of the molecule is CCS(=O)CCCc1ccc2nc(C3=N[C@@H](C(=O)O)CS3)sc2c1. The maximum atomic E-state index is 11.5. The van der Waals surface area contributed by atoms with Gasteiger partial charge in [0.1, 0.15) is 10.1 Å². The van der Waals surface area contributed by atoms with Crippen LogP contribution in [0.25, 0.3) is 10.2 Å². The van der Waals surface area contributed by atoms with Crippen LogP contribution in [-0.4, -0.2) is 48.6 Å². The summed E-state index contributed by atoms with van der Waals surface area (Å²) in [6.07, 6.45) is 1.83. The van der Waals surface area contributed by atoms with Crippen LogP contribution in [0.2, 0.25) is 0 Å². The molecule has 0 bridgehead atoms. The Morgan fingerprint density at radius 2 is 2.29 bits per heavy atom. The molecule has 24 heavy (non-hydrogen) atoms. The van der Waals surface area contributed by atoms with Gasteiger partial charge in [0.25, 0.3) is 0 Å². The Balaban J connectivity index is 1.73. The number of thiazole rings is 1. The quantitative estimate of drug-likeness (QED) is 0.796. The van der Waals surface area contributed by atoms with Gasteiger partial charge in [-0.3, -0.25) is 9.20 Å². The van der Waals surface area contributed by atoms with Crippen molar-refractivity contribution in [2.75, 3.05) is 17.3 Å². The van der Waals surface area contributed by atoms with Crippen LogP contribution in [0.15, 0.2) is 23.2 Å². The minimum absolute atomic E-state index is 0.473. The van der Waals surface area contributed by atoms with E-state index in [1.54, 1.807) is 11.3 Å². The van der Waals surface area contributed by atoms with Crippen LogP contribution >= 0.6 is 23.1 Å². The molecule has 1 aliphatic heterocycles. The Morgan fingerprint density at radius 1 is 1.46 bits per heavy atom. The molecule has 1 aromatic carbocycles. The number of rotatable bonds is 7. The molecule has 2 atom stereocenters. The molecule has 3 rings (SSSR count). The minimum Gasteiger partial charge on any atom is -0.480 e. The van der Waals surface area contributed by atoms with Crippen molar-refractivity contribution in [2.45, 2.75) is 25.8 Å². The fourth-order valence-electron chi connectivity index (χ4n) is 2.42. The van der Waals surface area contributed by atoms with Crippen molar-refractivity contribution in [3.63, 3.8) is 0 Å². The van der Waals surface area contributed by atoms with E-state index in [9.17, 15) is 9.00 Å². The van der Waals surface area contributed by atoms with E-state index in [1.165, 1.54) is 17.3 Å². The number of benzene rings is 1. The van der Waals surface area contributed by atoms with Gasteiger partial charge in [0, 0.05) is 28.1 Å². The highest BCUT2D eigenvalue weighted by Gasteiger charge is 2.26. The monoisotopic (exact) mass is 382 g/mol. The van der Waals surface area contributed by atoms with Gasteiger partial charge in [0.15, 0.2) is 6.04 Å². The second-order valence-corrected chi connectivity index (χ2v) is 9.36. The lowest BCUT2D eigenvalue weighted by atomic mass is 10.1. The number of carbonyl (C=O) groups is 1. The second kappa shape index (κ2) is 7.76. The third-order valence-electron chi connectivity index (χ3n) is 3.73. The lowest BCUT2D eigenvalue weighted by Gasteiger charge is -2.01. The van der Waals surface area contributed by atoms with Crippen LogP contribution in [0, 0.1) is 0 Å². The third-order valence-corrected chi connectivity index (χ3v) is 7.33. The van der Waals surface area contributed by atoms with Crippen molar-refractivity contribution in [3.8, 4) is 0 Å². The largest absolute Gasteiger partial charge is 0.480 e. The van der Waals surface area contributed by atoms with Gasteiger partial charge in [0.05, 0.1) is 10.2 Å². The lowest BCUT2D eigenvalue weighted by Crippen LogP contribution is -2.17. The number of hydrogen-bond acceptors (Lipinski definition) is 6. The summed E-state index contributed by atoms with van der Waals surface area (Å²) in [5.74, 6) is 1.05. The highest BCUT2D eigenvalue weighted by atomic mass is 32.2. The van der Waals surface area contributed by atoms with Gasteiger partial charge in [-0.15, -0.1) is 23.1 Å². The summed E-state index contributed by atoms with van der Waals surface area (Å²) in [4.78, 5) is 19.8. The zero-order valence-electron chi connectivity index (χ0n) is 13.2. The molecule has 128 valence electrons. The highest BCUT2D eigenvalue weighted by molar-refractivity contribution is 8.15. The number of aromatic nitrogens is 1. The van der Waals surface area contributed by atoms with Gasteiger partial charge in [-0.25, -0.2) is 9.78 Å². The summed E-state index contributed by atoms with van der Waals surface area (Å²) >= 11 is 3.01. The number of fused-ring (bicyclic) bond motifs is 1. The fraction of sp³-hybridized carbons (Fsp3) is 0.438. The van der Waals surface area contributed by atoms with Crippen LogP contribution in [-0.2, 0) is 22.0 Å². The van der Waals surface area contributed by atoms with Gasteiger partial charge < -0.3 is 5.11 Å². The zero-order valence-corrected chi connectivity index (χ0v) is 15.7. The van der Waals surface area contributed by atoms with Crippen molar-refractivity contribution in [3.05, 3.63) is 28.8 Å². The normalized spacial score (nSPS) is 18.7. The summed E-state index contributed by atoms with van der Waals surface area (Å²) in [6.45, 7) is 1.94. The second-order valence-electron chi connectivity index (χ2n) is 5.46. The molecule has 1 aromatic heterocycles. The Hall–Kier alpha value is -1.25. The standard InChI is InChI=1S/C16H18N2O3S3/c1-2-24(21)7-3-4-10-5-6-11-13(8-10)23-15(17-11)14-18-12(9-22-14)16(19)20/h5-6,8,12H,2-4,7,9H2,1H3,(H,19,20)/t12-,24?/m1/s1. The maximum absolute atomic E-state index is 11.5. The summed E-state index contributed by atoms with van der Waals surface area (Å²) < 4.78 is 12.6. The molecule has 1 N–H and O–H groups in total. The first-order chi connectivity index (χ1) is 11.6. The molecule has 2 heterocycles. The van der Waals surface area contributed by atoms with Crippen molar-refractivity contribution in [1.29, 1.82) is 0 Å². The van der Waals surface area contributed by atoms with Crippen molar-refractivity contribution < 1.29 is 14.1 Å². The van der Waals surface area contributed by atoms with E-state index >= 15 is 0 Å².